The summed E-state index contributed by atoms with van der Waals surface area (Å²) in [6.07, 6.45) is -22.8. The van der Waals surface area contributed by atoms with Crippen molar-refractivity contribution in [2.24, 2.45) is 50.2 Å². The second-order valence-corrected chi connectivity index (χ2v) is 25.4. The number of carboxylic acids is 1. The average molecular weight is 1100 g/mol. The third-order valence-corrected chi connectivity index (χ3v) is 20.6. The lowest BCUT2D eigenvalue weighted by Gasteiger charge is -2.72. The van der Waals surface area contributed by atoms with Gasteiger partial charge in [-0.15, -0.1) is 0 Å². The predicted molar refractivity (Wildman–Crippen MR) is 263 cm³/mol. The first kappa shape index (κ1) is 60.3. The normalized spacial score (nSPS) is 50.4. The second-order valence-electron chi connectivity index (χ2n) is 25.4. The molecule has 0 radical (unpaired) electrons. The van der Waals surface area contributed by atoms with Gasteiger partial charge in [0.15, 0.2) is 24.8 Å². The highest BCUT2D eigenvalue weighted by Crippen LogP contribution is 2.76. The summed E-state index contributed by atoms with van der Waals surface area (Å²) in [5.41, 5.74) is -3.08. The number of aliphatic hydroxyl groups excluding tert-OH is 10. The first-order valence-electron chi connectivity index (χ1n) is 27.0. The molecule has 5 aliphatic carbocycles. The zero-order valence-electron chi connectivity index (χ0n) is 45.6. The van der Waals surface area contributed by atoms with E-state index in [1.54, 1.807) is 19.9 Å². The number of ether oxygens (including phenoxy) is 8. The molecule has 0 aromatic carbocycles. The molecule has 23 nitrogen and oxygen atoms in total. The van der Waals surface area contributed by atoms with Crippen LogP contribution >= 0.6 is 0 Å². The second kappa shape index (κ2) is 21.2. The van der Waals surface area contributed by atoms with E-state index < -0.39 is 186 Å². The fraction of sp³-hybridized carbons (Fsp3) is 0.870. The number of esters is 2. The maximum absolute atomic E-state index is 13.4. The van der Waals surface area contributed by atoms with Crippen LogP contribution < -0.4 is 0 Å². The maximum atomic E-state index is 13.4. The van der Waals surface area contributed by atoms with E-state index in [-0.39, 0.29) is 18.3 Å². The Balaban J connectivity index is 1.12. The number of aliphatic carboxylic acids is 1. The van der Waals surface area contributed by atoms with Crippen LogP contribution in [0.2, 0.25) is 0 Å². The van der Waals surface area contributed by atoms with Crippen LogP contribution in [0.4, 0.5) is 0 Å². The number of carbonyl (C=O) groups is 3. The molecule has 3 aliphatic heterocycles. The molecular formula is C54H84O23. The minimum absolute atomic E-state index is 0.00368. The van der Waals surface area contributed by atoms with Crippen LogP contribution in [-0.4, -0.2) is 209 Å². The number of allylic oxidation sites excluding steroid dienone is 3. The number of rotatable bonds is 12. The van der Waals surface area contributed by atoms with Crippen LogP contribution in [0.15, 0.2) is 23.3 Å². The molecule has 25 unspecified atom stereocenters. The molecule has 3 heterocycles. The smallest absolute Gasteiger partial charge is 0.335 e. The lowest BCUT2D eigenvalue weighted by Crippen LogP contribution is -2.72. The molecule has 12 N–H and O–H groups in total. The third-order valence-electron chi connectivity index (χ3n) is 20.6. The number of carbonyl (C=O) groups excluding carboxylic acids is 2. The summed E-state index contributed by atoms with van der Waals surface area (Å²) in [5.74, 6) is -6.76. The molecule has 0 bridgehead atoms. The van der Waals surface area contributed by atoms with E-state index in [0.29, 0.717) is 44.1 Å². The first-order chi connectivity index (χ1) is 35.8. The van der Waals surface area contributed by atoms with Gasteiger partial charge in [-0.2, -0.15) is 0 Å². The molecule has 23 heteroatoms. The number of hydrogen-bond donors (Lipinski definition) is 12. The molecule has 7 fully saturated rings. The Kier molecular flexibility index (Phi) is 16.6. The number of carboxylic acid groups (broad SMARTS) is 1. The van der Waals surface area contributed by atoms with Gasteiger partial charge in [-0.3, -0.25) is 4.79 Å². The van der Waals surface area contributed by atoms with Crippen LogP contribution in [0, 0.1) is 50.2 Å². The fourth-order valence-corrected chi connectivity index (χ4v) is 16.0. The summed E-state index contributed by atoms with van der Waals surface area (Å²) in [6.45, 7) is 17.0. The summed E-state index contributed by atoms with van der Waals surface area (Å²) >= 11 is 0. The highest BCUT2D eigenvalue weighted by atomic mass is 16.8. The van der Waals surface area contributed by atoms with Crippen molar-refractivity contribution < 1.29 is 114 Å². The molecule has 0 aromatic rings. The molecule has 0 amide bonds. The van der Waals surface area contributed by atoms with E-state index in [2.05, 4.69) is 26.8 Å². The van der Waals surface area contributed by atoms with Gasteiger partial charge in [-0.05, 0) is 98.2 Å². The Morgan fingerprint density at radius 1 is 0.766 bits per heavy atom. The zero-order valence-corrected chi connectivity index (χ0v) is 45.6. The van der Waals surface area contributed by atoms with Gasteiger partial charge in [0.2, 0.25) is 0 Å². The molecule has 0 aromatic heterocycles. The van der Waals surface area contributed by atoms with Crippen LogP contribution in [-0.2, 0) is 52.3 Å². The van der Waals surface area contributed by atoms with E-state index in [0.717, 1.165) is 5.57 Å². The highest BCUT2D eigenvalue weighted by molar-refractivity contribution is 5.87. The van der Waals surface area contributed by atoms with Gasteiger partial charge >= 0.3 is 23.9 Å². The lowest BCUT2D eigenvalue weighted by atomic mass is 9.33. The Hall–Kier alpha value is -2.79. The molecule has 8 aliphatic rings. The van der Waals surface area contributed by atoms with Crippen LogP contribution in [0.3, 0.4) is 0 Å². The third kappa shape index (κ3) is 9.55. The van der Waals surface area contributed by atoms with Crippen molar-refractivity contribution in [1.82, 2.24) is 0 Å². The van der Waals surface area contributed by atoms with E-state index in [4.69, 9.17) is 37.9 Å². The molecular weight excluding hydrogens is 1020 g/mol. The van der Waals surface area contributed by atoms with Crippen LogP contribution in [0.1, 0.15) is 114 Å². The Morgan fingerprint density at radius 2 is 1.44 bits per heavy atom. The fourth-order valence-electron chi connectivity index (χ4n) is 16.0. The Bertz CT molecular complexity index is 2270. The molecule has 25 atom stereocenters. The molecule has 3 saturated heterocycles. The monoisotopic (exact) mass is 1100 g/mol. The van der Waals surface area contributed by atoms with E-state index in [1.165, 1.54) is 6.92 Å². The largest absolute Gasteiger partial charge is 0.479 e. The van der Waals surface area contributed by atoms with Gasteiger partial charge in [-0.25, -0.2) is 9.59 Å². The topological polar surface area (TPSA) is 368 Å². The minimum Gasteiger partial charge on any atom is -0.479 e. The Labute approximate surface area is 448 Å². The SMILES string of the molecule is CC=C(C)C(=O)OC1C(OC(C)=O)C2(CO)C(O)CC3(C)C(=CCC4C5(C)CCC(OC6OC(C(=O)O)C(O)C(OC7(O)OCC(O)C(O)C7O)C6OC6OC(CO)C(O)C(O)C6O)C(C)(C)C5CCC43C)C2CC1(C)C. The standard InChI is InChI=1S/C54H84O23/c1-11-23(2)45(68)76-42-43(71-24(3)57)53(22-56)26(18-48(42,4)5)25-12-13-30-50(8)16-15-32(49(6,7)29(50)14-17-51(30,9)52(25,10)19-31(53)59)73-47-40(75-46-36(63)35(62)34(61)28(20-55)72-46)38(37(64)39(74-47)44(66)67)77-54(69)41(65)33(60)27(58)21-70-54/h11-12,26-43,46-47,55-56,58-65,69H,13-22H2,1-10H3,(H,66,67). The van der Waals surface area contributed by atoms with Crippen LogP contribution in [0.25, 0.3) is 0 Å². The van der Waals surface area contributed by atoms with Gasteiger partial charge in [0.1, 0.15) is 67.1 Å². The average Bonchev–Trinajstić information content (AvgIpc) is 3.52. The lowest BCUT2D eigenvalue weighted by molar-refractivity contribution is -0.467. The number of fused-ring (bicyclic) bond motifs is 7. The van der Waals surface area contributed by atoms with Crippen molar-refractivity contribution in [3.63, 3.8) is 0 Å². The van der Waals surface area contributed by atoms with Crippen molar-refractivity contribution in [2.75, 3.05) is 19.8 Å². The van der Waals surface area contributed by atoms with Gasteiger partial charge in [0.05, 0.1) is 37.4 Å². The summed E-state index contributed by atoms with van der Waals surface area (Å²) in [6, 6.07) is 0. The van der Waals surface area contributed by atoms with E-state index >= 15 is 0 Å². The van der Waals surface area contributed by atoms with Crippen molar-refractivity contribution in [2.45, 2.75) is 224 Å². The highest BCUT2D eigenvalue weighted by Gasteiger charge is 2.74. The first-order valence-corrected chi connectivity index (χ1v) is 27.0. The summed E-state index contributed by atoms with van der Waals surface area (Å²) in [5, 5.41) is 132. The quantitative estimate of drug-likeness (QED) is 0.0391. The van der Waals surface area contributed by atoms with E-state index in [9.17, 15) is 75.7 Å². The molecule has 8 rings (SSSR count). The number of hydrogen-bond acceptors (Lipinski definition) is 22. The van der Waals surface area contributed by atoms with Gasteiger partial charge < -0.3 is 99.2 Å². The molecule has 4 saturated carbocycles. The van der Waals surface area contributed by atoms with Gasteiger partial charge in [0.25, 0.3) is 0 Å². The van der Waals surface area contributed by atoms with Crippen molar-refractivity contribution >= 4 is 17.9 Å². The molecule has 438 valence electrons. The molecule has 77 heavy (non-hydrogen) atoms. The van der Waals surface area contributed by atoms with Gasteiger partial charge in [-0.1, -0.05) is 66.2 Å². The van der Waals surface area contributed by atoms with Crippen LogP contribution in [0.5, 0.6) is 0 Å². The zero-order chi connectivity index (χ0) is 57.1. The summed E-state index contributed by atoms with van der Waals surface area (Å²) in [7, 11) is 0. The molecule has 0 spiro atoms. The van der Waals surface area contributed by atoms with Crippen molar-refractivity contribution in [3.05, 3.63) is 23.3 Å². The predicted octanol–water partition coefficient (Wildman–Crippen LogP) is -0.334. The Morgan fingerprint density at radius 3 is 2.05 bits per heavy atom. The maximum Gasteiger partial charge on any atom is 0.335 e. The van der Waals surface area contributed by atoms with Crippen molar-refractivity contribution in [3.8, 4) is 0 Å². The summed E-state index contributed by atoms with van der Waals surface area (Å²) in [4.78, 5) is 39.2. The van der Waals surface area contributed by atoms with Gasteiger partial charge in [0, 0.05) is 17.9 Å². The number of aliphatic hydroxyl groups is 11. The van der Waals surface area contributed by atoms with Crippen molar-refractivity contribution in [1.29, 1.82) is 0 Å². The minimum atomic E-state index is -3.23. The van der Waals surface area contributed by atoms with E-state index in [1.807, 2.05) is 27.7 Å². The summed E-state index contributed by atoms with van der Waals surface area (Å²) < 4.78 is 48.0.